The summed E-state index contributed by atoms with van der Waals surface area (Å²) in [5.41, 5.74) is 0.477. The number of alkyl halides is 3. The molecule has 2 saturated heterocycles. The number of nitrogens with zero attached hydrogens (tertiary/aromatic N) is 1. The van der Waals surface area contributed by atoms with E-state index in [4.69, 9.17) is 9.47 Å². The van der Waals surface area contributed by atoms with Crippen molar-refractivity contribution in [3.63, 3.8) is 0 Å². The Hall–Kier alpha value is -1.31. The number of nitrogens with one attached hydrogen (secondary N) is 1. The molecular formula is C20H27F3N2O2. The van der Waals surface area contributed by atoms with Crippen LogP contribution in [0.25, 0.3) is 0 Å². The standard InChI is InChI=1S/C20H27F3N2O2/c1-26-18-16-12-15(20(21,22)23)2-3-17(16)24-19(18)6-8-25(9-7-19)13-14-4-10-27-11-5-14/h2-3,12,14,18,24H,4-11,13H2,1H3. The van der Waals surface area contributed by atoms with Crippen LogP contribution in [0.5, 0.6) is 0 Å². The Morgan fingerprint density at radius 2 is 1.93 bits per heavy atom. The lowest BCUT2D eigenvalue weighted by molar-refractivity contribution is -0.137. The van der Waals surface area contributed by atoms with Gasteiger partial charge < -0.3 is 19.7 Å². The minimum absolute atomic E-state index is 0.312. The average molecular weight is 384 g/mol. The molecule has 3 heterocycles. The third kappa shape index (κ3) is 3.69. The first-order chi connectivity index (χ1) is 12.9. The average Bonchev–Trinajstić information content (AvgIpc) is 2.96. The number of fused-ring (bicyclic) bond motifs is 1. The second-order valence-corrected chi connectivity index (χ2v) is 8.05. The highest BCUT2D eigenvalue weighted by atomic mass is 19.4. The highest BCUT2D eigenvalue weighted by Crippen LogP contribution is 2.49. The van der Waals surface area contributed by atoms with Crippen LogP contribution in [0.2, 0.25) is 0 Å². The van der Waals surface area contributed by atoms with E-state index in [0.29, 0.717) is 11.5 Å². The number of ether oxygens (including phenoxy) is 2. The zero-order valence-electron chi connectivity index (χ0n) is 15.6. The largest absolute Gasteiger partial charge is 0.416 e. The van der Waals surface area contributed by atoms with Gasteiger partial charge in [-0.2, -0.15) is 13.2 Å². The number of piperidine rings is 1. The number of hydrogen-bond acceptors (Lipinski definition) is 4. The highest BCUT2D eigenvalue weighted by Gasteiger charge is 2.49. The quantitative estimate of drug-likeness (QED) is 0.852. The number of likely N-dealkylation sites (tertiary alicyclic amines) is 1. The van der Waals surface area contributed by atoms with Gasteiger partial charge in [-0.1, -0.05) is 0 Å². The molecule has 3 aliphatic rings. The molecule has 4 rings (SSSR count). The van der Waals surface area contributed by atoms with E-state index < -0.39 is 11.7 Å². The molecule has 0 aromatic heterocycles. The Morgan fingerprint density at radius 1 is 1.22 bits per heavy atom. The molecule has 1 spiro atoms. The number of methoxy groups -OCH3 is 1. The molecule has 1 N–H and O–H groups in total. The molecule has 4 nitrogen and oxygen atoms in total. The van der Waals surface area contributed by atoms with Crippen molar-refractivity contribution in [3.05, 3.63) is 29.3 Å². The molecule has 0 bridgehead atoms. The van der Waals surface area contributed by atoms with Crippen molar-refractivity contribution in [2.45, 2.75) is 43.5 Å². The Kier molecular flexibility index (Phi) is 5.12. The van der Waals surface area contributed by atoms with Crippen molar-refractivity contribution in [3.8, 4) is 0 Å². The Labute approximate surface area is 158 Å². The number of benzene rings is 1. The van der Waals surface area contributed by atoms with E-state index in [-0.39, 0.29) is 11.6 Å². The summed E-state index contributed by atoms with van der Waals surface area (Å²) in [4.78, 5) is 2.49. The Bertz CT molecular complexity index is 666. The van der Waals surface area contributed by atoms with Gasteiger partial charge in [0.05, 0.1) is 11.1 Å². The number of anilines is 1. The fourth-order valence-corrected chi connectivity index (χ4v) is 4.87. The normalized spacial score (nSPS) is 26.1. The van der Waals surface area contributed by atoms with Gasteiger partial charge in [-0.25, -0.2) is 0 Å². The summed E-state index contributed by atoms with van der Waals surface area (Å²) in [5.74, 6) is 0.689. The number of halogens is 3. The Morgan fingerprint density at radius 3 is 2.56 bits per heavy atom. The van der Waals surface area contributed by atoms with Gasteiger partial charge in [0, 0.05) is 51.2 Å². The molecule has 0 saturated carbocycles. The third-order valence-corrected chi connectivity index (χ3v) is 6.39. The van der Waals surface area contributed by atoms with Crippen LogP contribution in [-0.4, -0.2) is 50.4 Å². The summed E-state index contributed by atoms with van der Waals surface area (Å²) >= 11 is 0. The molecule has 27 heavy (non-hydrogen) atoms. The van der Waals surface area contributed by atoms with E-state index >= 15 is 0 Å². The molecule has 3 aliphatic heterocycles. The van der Waals surface area contributed by atoms with E-state index in [1.54, 1.807) is 13.2 Å². The maximum absolute atomic E-state index is 13.1. The zero-order valence-corrected chi connectivity index (χ0v) is 15.6. The molecule has 1 aromatic carbocycles. The molecule has 1 aromatic rings. The van der Waals surface area contributed by atoms with Crippen LogP contribution in [0.4, 0.5) is 18.9 Å². The van der Waals surface area contributed by atoms with Gasteiger partial charge in [0.25, 0.3) is 0 Å². The molecular weight excluding hydrogens is 357 g/mol. The molecule has 150 valence electrons. The molecule has 0 amide bonds. The highest BCUT2D eigenvalue weighted by molar-refractivity contribution is 5.62. The van der Waals surface area contributed by atoms with Crippen molar-refractivity contribution in [1.29, 1.82) is 0 Å². The third-order valence-electron chi connectivity index (χ3n) is 6.39. The van der Waals surface area contributed by atoms with Crippen molar-refractivity contribution >= 4 is 5.69 Å². The van der Waals surface area contributed by atoms with Crippen molar-refractivity contribution in [2.24, 2.45) is 5.92 Å². The summed E-state index contributed by atoms with van der Waals surface area (Å²) < 4.78 is 50.5. The lowest BCUT2D eigenvalue weighted by Crippen LogP contribution is -2.51. The first kappa shape index (κ1) is 19.0. The second kappa shape index (κ2) is 7.26. The van der Waals surface area contributed by atoms with E-state index in [1.165, 1.54) is 6.07 Å². The van der Waals surface area contributed by atoms with Gasteiger partial charge in [-0.3, -0.25) is 0 Å². The summed E-state index contributed by atoms with van der Waals surface area (Å²) in [6.45, 7) is 4.66. The van der Waals surface area contributed by atoms with Gasteiger partial charge in [0.1, 0.15) is 6.10 Å². The first-order valence-electron chi connectivity index (χ1n) is 9.73. The van der Waals surface area contributed by atoms with Gasteiger partial charge >= 0.3 is 6.18 Å². The van der Waals surface area contributed by atoms with E-state index in [1.807, 2.05) is 0 Å². The molecule has 0 aliphatic carbocycles. The van der Waals surface area contributed by atoms with Gasteiger partial charge in [-0.15, -0.1) is 0 Å². The summed E-state index contributed by atoms with van der Waals surface area (Å²) in [7, 11) is 1.60. The summed E-state index contributed by atoms with van der Waals surface area (Å²) in [6.07, 6.45) is -0.718. The first-order valence-corrected chi connectivity index (χ1v) is 9.73. The SMILES string of the molecule is COC1c2cc(C(F)(F)F)ccc2NC12CCN(CC1CCOCC1)CC2. The van der Waals surface area contributed by atoms with Crippen LogP contribution in [0, 0.1) is 5.92 Å². The zero-order chi connectivity index (χ0) is 19.1. The minimum atomic E-state index is -4.34. The van der Waals surface area contributed by atoms with E-state index in [2.05, 4.69) is 10.2 Å². The monoisotopic (exact) mass is 384 g/mol. The topological polar surface area (TPSA) is 33.7 Å². The van der Waals surface area contributed by atoms with Crippen molar-refractivity contribution in [2.75, 3.05) is 45.3 Å². The fraction of sp³-hybridized carbons (Fsp3) is 0.700. The van der Waals surface area contributed by atoms with E-state index in [0.717, 1.165) is 70.3 Å². The van der Waals surface area contributed by atoms with Crippen LogP contribution < -0.4 is 5.32 Å². The van der Waals surface area contributed by atoms with Crippen LogP contribution in [0.1, 0.15) is 42.9 Å². The number of rotatable bonds is 3. The van der Waals surface area contributed by atoms with Crippen LogP contribution >= 0.6 is 0 Å². The fourth-order valence-electron chi connectivity index (χ4n) is 4.87. The lowest BCUT2D eigenvalue weighted by atomic mass is 9.81. The summed E-state index contributed by atoms with van der Waals surface area (Å²) in [6, 6.07) is 3.95. The lowest BCUT2D eigenvalue weighted by Gasteiger charge is -2.44. The minimum Gasteiger partial charge on any atom is -0.381 e. The van der Waals surface area contributed by atoms with Crippen LogP contribution in [0.3, 0.4) is 0 Å². The molecule has 1 atom stereocenters. The van der Waals surface area contributed by atoms with Gasteiger partial charge in [-0.05, 0) is 49.8 Å². The van der Waals surface area contributed by atoms with Crippen LogP contribution in [-0.2, 0) is 15.7 Å². The number of hydrogen-bond donors (Lipinski definition) is 1. The van der Waals surface area contributed by atoms with Crippen molar-refractivity contribution in [1.82, 2.24) is 4.90 Å². The van der Waals surface area contributed by atoms with Crippen LogP contribution in [0.15, 0.2) is 18.2 Å². The smallest absolute Gasteiger partial charge is 0.381 e. The van der Waals surface area contributed by atoms with Gasteiger partial charge in [0.2, 0.25) is 0 Å². The van der Waals surface area contributed by atoms with E-state index in [9.17, 15) is 13.2 Å². The molecule has 1 unspecified atom stereocenters. The molecule has 0 radical (unpaired) electrons. The second-order valence-electron chi connectivity index (χ2n) is 8.05. The molecule has 2 fully saturated rings. The maximum Gasteiger partial charge on any atom is 0.416 e. The predicted octanol–water partition coefficient (Wildman–Crippen LogP) is 4.08. The Balaban J connectivity index is 1.46. The summed E-state index contributed by atoms with van der Waals surface area (Å²) in [5, 5.41) is 3.51. The molecule has 7 heteroatoms. The van der Waals surface area contributed by atoms with Crippen molar-refractivity contribution < 1.29 is 22.6 Å². The van der Waals surface area contributed by atoms with Gasteiger partial charge in [0.15, 0.2) is 0 Å². The predicted molar refractivity (Wildman–Crippen MR) is 96.8 cm³/mol. The maximum atomic E-state index is 13.1.